The summed E-state index contributed by atoms with van der Waals surface area (Å²) in [6.45, 7) is 15.2. The van der Waals surface area contributed by atoms with Gasteiger partial charge in [0.05, 0.1) is 5.56 Å². The Balaban J connectivity index is 1.83. The van der Waals surface area contributed by atoms with Gasteiger partial charge in [-0.2, -0.15) is 0 Å². The normalized spacial score (nSPS) is 15.0. The van der Waals surface area contributed by atoms with E-state index in [4.69, 9.17) is 0 Å². The minimum Gasteiger partial charge on any atom is -0.380 e. The van der Waals surface area contributed by atoms with Crippen LogP contribution in [0.4, 0.5) is 5.69 Å². The van der Waals surface area contributed by atoms with Crippen molar-refractivity contribution in [1.29, 1.82) is 0 Å². The number of benzene rings is 2. The van der Waals surface area contributed by atoms with E-state index in [0.29, 0.717) is 0 Å². The van der Waals surface area contributed by atoms with E-state index in [1.807, 2.05) is 29.2 Å². The van der Waals surface area contributed by atoms with Crippen LogP contribution in [0.2, 0.25) is 0 Å². The lowest BCUT2D eigenvalue weighted by Gasteiger charge is -2.33. The quantitative estimate of drug-likeness (QED) is 0.864. The van der Waals surface area contributed by atoms with Crippen molar-refractivity contribution >= 4 is 11.6 Å². The molecule has 0 saturated carbocycles. The van der Waals surface area contributed by atoms with Gasteiger partial charge in [-0.3, -0.25) is 4.79 Å². The van der Waals surface area contributed by atoms with Crippen molar-refractivity contribution in [3.05, 3.63) is 63.2 Å². The fourth-order valence-corrected chi connectivity index (χ4v) is 4.03. The topological polar surface area (TPSA) is 35.6 Å². The molecule has 1 aliphatic rings. The third kappa shape index (κ3) is 3.93. The fourth-order valence-electron chi connectivity index (χ4n) is 4.03. The number of nitrogens with zero attached hydrogens (tertiary/aromatic N) is 2. The molecule has 2 aromatic carbocycles. The number of nitrogens with one attached hydrogen (secondary N) is 1. The highest BCUT2D eigenvalue weighted by atomic mass is 16.2. The summed E-state index contributed by atoms with van der Waals surface area (Å²) in [5.74, 6) is 0.126. The van der Waals surface area contributed by atoms with Gasteiger partial charge in [-0.15, -0.1) is 0 Å². The number of likely N-dealkylation sites (N-methyl/N-ethyl adjacent to an activating group) is 1. The minimum absolute atomic E-state index is 0.126. The lowest BCUT2D eigenvalue weighted by molar-refractivity contribution is 0.0665. The van der Waals surface area contributed by atoms with E-state index in [9.17, 15) is 4.79 Å². The third-order valence-corrected chi connectivity index (χ3v) is 6.56. The van der Waals surface area contributed by atoms with Crippen LogP contribution in [-0.4, -0.2) is 48.9 Å². The van der Waals surface area contributed by atoms with Crippen LogP contribution in [0.1, 0.15) is 43.7 Å². The lowest BCUT2D eigenvalue weighted by atomic mass is 9.89. The molecule has 1 saturated heterocycles. The number of amides is 1. The smallest absolute Gasteiger partial charge is 0.256 e. The zero-order chi connectivity index (χ0) is 20.4. The standard InChI is InChI=1S/C24H33N3O/c1-16-17(2)19(4)22(20(5)18(16)3)15-25-23-10-8-7-9-21(23)24(28)27-13-11-26(6)12-14-27/h7-10,25H,11-15H2,1-6H3. The first-order valence-electron chi connectivity index (χ1n) is 10.2. The van der Waals surface area contributed by atoms with Crippen LogP contribution in [0.5, 0.6) is 0 Å². The first-order valence-corrected chi connectivity index (χ1v) is 10.2. The summed E-state index contributed by atoms with van der Waals surface area (Å²) in [6.07, 6.45) is 0. The second-order valence-corrected chi connectivity index (χ2v) is 8.10. The Morgan fingerprint density at radius 3 is 2.00 bits per heavy atom. The van der Waals surface area contributed by atoms with E-state index < -0.39 is 0 Å². The number of anilines is 1. The number of rotatable bonds is 4. The Morgan fingerprint density at radius 1 is 0.857 bits per heavy atom. The highest BCUT2D eigenvalue weighted by Gasteiger charge is 2.22. The number of hydrogen-bond acceptors (Lipinski definition) is 3. The molecule has 0 aromatic heterocycles. The van der Waals surface area contributed by atoms with Gasteiger partial charge in [0.2, 0.25) is 0 Å². The predicted molar refractivity (Wildman–Crippen MR) is 117 cm³/mol. The van der Waals surface area contributed by atoms with E-state index in [1.165, 1.54) is 33.4 Å². The molecule has 0 radical (unpaired) electrons. The molecule has 1 fully saturated rings. The number of piperazine rings is 1. The van der Waals surface area contributed by atoms with Gasteiger partial charge in [-0.1, -0.05) is 12.1 Å². The SMILES string of the molecule is Cc1c(C)c(C)c(CNc2ccccc2C(=O)N2CCN(C)CC2)c(C)c1C. The molecule has 150 valence electrons. The summed E-state index contributed by atoms with van der Waals surface area (Å²) in [7, 11) is 2.10. The summed E-state index contributed by atoms with van der Waals surface area (Å²) in [5.41, 5.74) is 9.81. The summed E-state index contributed by atoms with van der Waals surface area (Å²) in [5, 5.41) is 3.56. The van der Waals surface area contributed by atoms with E-state index in [-0.39, 0.29) is 5.91 Å². The molecule has 4 heteroatoms. The maximum Gasteiger partial charge on any atom is 0.256 e. The van der Waals surface area contributed by atoms with Gasteiger partial charge in [0.25, 0.3) is 5.91 Å². The van der Waals surface area contributed by atoms with Gasteiger partial charge < -0.3 is 15.1 Å². The summed E-state index contributed by atoms with van der Waals surface area (Å²) in [6, 6.07) is 7.90. The molecule has 1 amide bonds. The fraction of sp³-hybridized carbons (Fsp3) is 0.458. The molecule has 4 nitrogen and oxygen atoms in total. The van der Waals surface area contributed by atoms with Crippen LogP contribution in [-0.2, 0) is 6.54 Å². The maximum atomic E-state index is 13.1. The second-order valence-electron chi connectivity index (χ2n) is 8.10. The average Bonchev–Trinajstić information content (AvgIpc) is 2.71. The molecular weight excluding hydrogens is 346 g/mol. The molecule has 3 rings (SSSR count). The molecule has 0 aliphatic carbocycles. The van der Waals surface area contributed by atoms with Crippen LogP contribution < -0.4 is 5.32 Å². The average molecular weight is 380 g/mol. The van der Waals surface area contributed by atoms with E-state index in [0.717, 1.165) is 44.0 Å². The van der Waals surface area contributed by atoms with Crippen molar-refractivity contribution in [2.75, 3.05) is 38.5 Å². The zero-order valence-electron chi connectivity index (χ0n) is 18.1. The van der Waals surface area contributed by atoms with Crippen molar-refractivity contribution < 1.29 is 4.79 Å². The predicted octanol–water partition coefficient (Wildman–Crippen LogP) is 4.23. The minimum atomic E-state index is 0.126. The summed E-state index contributed by atoms with van der Waals surface area (Å²) in [4.78, 5) is 17.3. The number of para-hydroxylation sites is 1. The second kappa shape index (κ2) is 8.36. The molecule has 1 N–H and O–H groups in total. The lowest BCUT2D eigenvalue weighted by Crippen LogP contribution is -2.47. The van der Waals surface area contributed by atoms with E-state index in [2.05, 4.69) is 51.9 Å². The van der Waals surface area contributed by atoms with E-state index in [1.54, 1.807) is 0 Å². The van der Waals surface area contributed by atoms with Crippen LogP contribution in [0, 0.1) is 34.6 Å². The molecule has 0 spiro atoms. The van der Waals surface area contributed by atoms with Gasteiger partial charge in [0.15, 0.2) is 0 Å². The monoisotopic (exact) mass is 379 g/mol. The molecule has 28 heavy (non-hydrogen) atoms. The van der Waals surface area contributed by atoms with Crippen molar-refractivity contribution in [1.82, 2.24) is 9.80 Å². The van der Waals surface area contributed by atoms with E-state index >= 15 is 0 Å². The Labute approximate surface area is 169 Å². The van der Waals surface area contributed by atoms with Crippen molar-refractivity contribution in [2.45, 2.75) is 41.2 Å². The van der Waals surface area contributed by atoms with Crippen LogP contribution in [0.3, 0.4) is 0 Å². The van der Waals surface area contributed by atoms with Crippen molar-refractivity contribution in [3.63, 3.8) is 0 Å². The van der Waals surface area contributed by atoms with Gasteiger partial charge in [0, 0.05) is 38.4 Å². The van der Waals surface area contributed by atoms with Gasteiger partial charge in [0.1, 0.15) is 0 Å². The summed E-state index contributed by atoms with van der Waals surface area (Å²) < 4.78 is 0. The van der Waals surface area contributed by atoms with Crippen molar-refractivity contribution in [3.8, 4) is 0 Å². The molecule has 0 unspecified atom stereocenters. The Morgan fingerprint density at radius 2 is 1.39 bits per heavy atom. The number of hydrogen-bond donors (Lipinski definition) is 1. The van der Waals surface area contributed by atoms with Crippen LogP contribution in [0.25, 0.3) is 0 Å². The number of carbonyl (C=O) groups is 1. The van der Waals surface area contributed by atoms with Gasteiger partial charge >= 0.3 is 0 Å². The first kappa shape index (κ1) is 20.4. The summed E-state index contributed by atoms with van der Waals surface area (Å²) >= 11 is 0. The zero-order valence-corrected chi connectivity index (χ0v) is 18.1. The van der Waals surface area contributed by atoms with Crippen LogP contribution in [0.15, 0.2) is 24.3 Å². The largest absolute Gasteiger partial charge is 0.380 e. The maximum absolute atomic E-state index is 13.1. The molecule has 1 aliphatic heterocycles. The van der Waals surface area contributed by atoms with Crippen molar-refractivity contribution in [2.24, 2.45) is 0 Å². The molecule has 0 atom stereocenters. The van der Waals surface area contributed by atoms with Gasteiger partial charge in [-0.25, -0.2) is 0 Å². The molecule has 0 bridgehead atoms. The highest BCUT2D eigenvalue weighted by molar-refractivity contribution is 5.99. The Hall–Kier alpha value is -2.33. The molecule has 2 aromatic rings. The van der Waals surface area contributed by atoms with Crippen LogP contribution >= 0.6 is 0 Å². The molecular formula is C24H33N3O. The van der Waals surface area contributed by atoms with Gasteiger partial charge in [-0.05, 0) is 87.2 Å². The molecule has 1 heterocycles. The highest BCUT2D eigenvalue weighted by Crippen LogP contribution is 2.27. The Bertz CT molecular complexity index is 851. The third-order valence-electron chi connectivity index (χ3n) is 6.56. The Kier molecular flexibility index (Phi) is 6.09. The number of carbonyl (C=O) groups excluding carboxylic acids is 1. The first-order chi connectivity index (χ1) is 13.3.